The Labute approximate surface area is 120 Å². The zero-order chi connectivity index (χ0) is 14.8. The van der Waals surface area contributed by atoms with E-state index in [0.717, 1.165) is 19.3 Å². The normalized spacial score (nSPS) is 24.3. The first-order chi connectivity index (χ1) is 9.46. The summed E-state index contributed by atoms with van der Waals surface area (Å²) in [6, 6.07) is 6.32. The summed E-state index contributed by atoms with van der Waals surface area (Å²) >= 11 is 0. The van der Waals surface area contributed by atoms with E-state index in [9.17, 15) is 13.2 Å². The second-order valence-electron chi connectivity index (χ2n) is 5.25. The highest BCUT2D eigenvalue weighted by molar-refractivity contribution is 7.89. The Morgan fingerprint density at radius 2 is 1.70 bits per heavy atom. The van der Waals surface area contributed by atoms with Gasteiger partial charge in [-0.05, 0) is 51.0 Å². The number of carbonyl (C=O) groups is 1. The lowest BCUT2D eigenvalue weighted by Crippen LogP contribution is -2.47. The first-order valence-electron chi connectivity index (χ1n) is 6.80. The molecule has 0 aromatic heterocycles. The van der Waals surface area contributed by atoms with Gasteiger partial charge in [-0.1, -0.05) is 6.42 Å². The average Bonchev–Trinajstić information content (AvgIpc) is 2.39. The van der Waals surface area contributed by atoms with Crippen molar-refractivity contribution in [2.45, 2.75) is 50.1 Å². The minimum atomic E-state index is -3.47. The molecule has 1 aromatic carbocycles. The second-order valence-corrected chi connectivity index (χ2v) is 7.09. The molecule has 110 valence electrons. The maximum atomic E-state index is 12.7. The number of hydrogen-bond donors (Lipinski definition) is 1. The van der Waals surface area contributed by atoms with Crippen molar-refractivity contribution in [1.82, 2.24) is 4.31 Å². The maximum absolute atomic E-state index is 12.7. The summed E-state index contributed by atoms with van der Waals surface area (Å²) in [5.74, 6) is 0. The van der Waals surface area contributed by atoms with Gasteiger partial charge in [0.25, 0.3) is 0 Å². The molecule has 2 unspecified atom stereocenters. The van der Waals surface area contributed by atoms with Gasteiger partial charge in [0, 0.05) is 17.8 Å². The Hall–Kier alpha value is -1.40. The maximum Gasteiger partial charge on any atom is 0.243 e. The van der Waals surface area contributed by atoms with E-state index in [1.54, 1.807) is 16.4 Å². The smallest absolute Gasteiger partial charge is 0.243 e. The van der Waals surface area contributed by atoms with Gasteiger partial charge in [0.15, 0.2) is 0 Å². The molecule has 1 heterocycles. The molecule has 1 fully saturated rings. The zero-order valence-electron chi connectivity index (χ0n) is 11.7. The number of benzene rings is 1. The van der Waals surface area contributed by atoms with Crippen molar-refractivity contribution < 1.29 is 13.2 Å². The van der Waals surface area contributed by atoms with Crippen LogP contribution in [0.25, 0.3) is 0 Å². The number of rotatable bonds is 4. The van der Waals surface area contributed by atoms with Crippen molar-refractivity contribution in [3.8, 4) is 0 Å². The van der Waals surface area contributed by atoms with Gasteiger partial charge in [-0.2, -0.15) is 4.31 Å². The third-order valence-electron chi connectivity index (χ3n) is 3.77. The fourth-order valence-electron chi connectivity index (χ4n) is 2.78. The Morgan fingerprint density at radius 3 is 2.20 bits per heavy atom. The SMILES string of the molecule is CC1CCCC(C)N1S(=O)(=O)c1ccc(NC=O)cc1. The van der Waals surface area contributed by atoms with Crippen molar-refractivity contribution in [3.05, 3.63) is 24.3 Å². The summed E-state index contributed by atoms with van der Waals surface area (Å²) in [5, 5.41) is 2.49. The number of piperidine rings is 1. The van der Waals surface area contributed by atoms with Gasteiger partial charge in [-0.25, -0.2) is 8.42 Å². The topological polar surface area (TPSA) is 66.5 Å². The molecule has 2 rings (SSSR count). The van der Waals surface area contributed by atoms with Gasteiger partial charge in [0.1, 0.15) is 0 Å². The van der Waals surface area contributed by atoms with Crippen LogP contribution >= 0.6 is 0 Å². The highest BCUT2D eigenvalue weighted by atomic mass is 32.2. The van der Waals surface area contributed by atoms with Gasteiger partial charge >= 0.3 is 0 Å². The second kappa shape index (κ2) is 5.93. The van der Waals surface area contributed by atoms with E-state index >= 15 is 0 Å². The molecule has 6 heteroatoms. The van der Waals surface area contributed by atoms with Crippen LogP contribution in [0.5, 0.6) is 0 Å². The van der Waals surface area contributed by atoms with Crippen LogP contribution in [-0.4, -0.2) is 31.2 Å². The summed E-state index contributed by atoms with van der Waals surface area (Å²) in [7, 11) is -3.47. The Morgan fingerprint density at radius 1 is 1.15 bits per heavy atom. The van der Waals surface area contributed by atoms with E-state index in [2.05, 4.69) is 5.32 Å². The van der Waals surface area contributed by atoms with Crippen molar-refractivity contribution >= 4 is 22.1 Å². The minimum Gasteiger partial charge on any atom is -0.329 e. The van der Waals surface area contributed by atoms with Gasteiger partial charge in [-0.3, -0.25) is 4.79 Å². The largest absolute Gasteiger partial charge is 0.329 e. The van der Waals surface area contributed by atoms with E-state index in [1.165, 1.54) is 12.1 Å². The summed E-state index contributed by atoms with van der Waals surface area (Å²) in [6.07, 6.45) is 3.43. The van der Waals surface area contributed by atoms with Crippen molar-refractivity contribution in [2.75, 3.05) is 5.32 Å². The number of hydrogen-bond acceptors (Lipinski definition) is 3. The lowest BCUT2D eigenvalue weighted by Gasteiger charge is -2.37. The van der Waals surface area contributed by atoms with Gasteiger partial charge in [-0.15, -0.1) is 0 Å². The van der Waals surface area contributed by atoms with E-state index in [-0.39, 0.29) is 17.0 Å². The third kappa shape index (κ3) is 2.86. The molecule has 0 radical (unpaired) electrons. The van der Waals surface area contributed by atoms with Crippen molar-refractivity contribution in [3.63, 3.8) is 0 Å². The van der Waals surface area contributed by atoms with Crippen molar-refractivity contribution in [2.24, 2.45) is 0 Å². The van der Waals surface area contributed by atoms with Crippen LogP contribution in [0.1, 0.15) is 33.1 Å². The molecule has 0 saturated carbocycles. The molecule has 1 amide bonds. The molecule has 1 N–H and O–H groups in total. The summed E-state index contributed by atoms with van der Waals surface area (Å²) < 4.78 is 27.0. The monoisotopic (exact) mass is 296 g/mol. The third-order valence-corrected chi connectivity index (χ3v) is 5.91. The Bertz CT molecular complexity index is 559. The Balaban J connectivity index is 2.31. The van der Waals surface area contributed by atoms with Crippen LogP contribution < -0.4 is 5.32 Å². The molecule has 2 atom stereocenters. The van der Waals surface area contributed by atoms with E-state index in [1.807, 2.05) is 13.8 Å². The van der Waals surface area contributed by atoms with Crippen LogP contribution in [0.4, 0.5) is 5.69 Å². The number of anilines is 1. The number of nitrogens with one attached hydrogen (secondary N) is 1. The van der Waals surface area contributed by atoms with Gasteiger partial charge in [0.05, 0.1) is 4.90 Å². The summed E-state index contributed by atoms with van der Waals surface area (Å²) in [4.78, 5) is 10.6. The highest BCUT2D eigenvalue weighted by Crippen LogP contribution is 2.29. The molecular formula is C14H20N2O3S. The molecule has 0 bridgehead atoms. The fraction of sp³-hybridized carbons (Fsp3) is 0.500. The standard InChI is InChI=1S/C14H20N2O3S/c1-11-4-3-5-12(2)16(11)20(18,19)14-8-6-13(7-9-14)15-10-17/h6-12H,3-5H2,1-2H3,(H,15,17). The molecule has 1 aliphatic heterocycles. The fourth-order valence-corrected chi connectivity index (χ4v) is 4.67. The number of nitrogens with zero attached hydrogens (tertiary/aromatic N) is 1. The summed E-state index contributed by atoms with van der Waals surface area (Å²) in [5.41, 5.74) is 0.582. The lowest BCUT2D eigenvalue weighted by atomic mass is 10.0. The molecule has 1 aliphatic rings. The molecule has 0 spiro atoms. The van der Waals surface area contributed by atoms with E-state index in [4.69, 9.17) is 0 Å². The molecular weight excluding hydrogens is 276 g/mol. The first kappa shape index (κ1) is 15.0. The Kier molecular flexibility index (Phi) is 4.45. The highest BCUT2D eigenvalue weighted by Gasteiger charge is 2.35. The summed E-state index contributed by atoms with van der Waals surface area (Å²) in [6.45, 7) is 3.91. The van der Waals surface area contributed by atoms with E-state index < -0.39 is 10.0 Å². The minimum absolute atomic E-state index is 0.0246. The zero-order valence-corrected chi connectivity index (χ0v) is 12.6. The number of amides is 1. The average molecular weight is 296 g/mol. The van der Waals surface area contributed by atoms with Crippen LogP contribution in [0.15, 0.2) is 29.2 Å². The predicted molar refractivity (Wildman–Crippen MR) is 77.9 cm³/mol. The van der Waals surface area contributed by atoms with Crippen LogP contribution in [0.3, 0.4) is 0 Å². The quantitative estimate of drug-likeness (QED) is 0.866. The molecule has 1 saturated heterocycles. The predicted octanol–water partition coefficient (Wildman–Crippen LogP) is 2.21. The molecule has 0 aliphatic carbocycles. The van der Waals surface area contributed by atoms with E-state index in [0.29, 0.717) is 12.1 Å². The van der Waals surface area contributed by atoms with Gasteiger partial charge < -0.3 is 5.32 Å². The van der Waals surface area contributed by atoms with Crippen molar-refractivity contribution in [1.29, 1.82) is 0 Å². The molecule has 20 heavy (non-hydrogen) atoms. The molecule has 1 aromatic rings. The van der Waals surface area contributed by atoms with Crippen LogP contribution in [0.2, 0.25) is 0 Å². The van der Waals surface area contributed by atoms with Crippen LogP contribution in [0, 0.1) is 0 Å². The first-order valence-corrected chi connectivity index (χ1v) is 8.24. The van der Waals surface area contributed by atoms with Gasteiger partial charge in [0.2, 0.25) is 16.4 Å². The lowest BCUT2D eigenvalue weighted by molar-refractivity contribution is -0.105. The van der Waals surface area contributed by atoms with Crippen LogP contribution in [-0.2, 0) is 14.8 Å². The number of carbonyl (C=O) groups excluding carboxylic acids is 1. The number of sulfonamides is 1. The molecule has 5 nitrogen and oxygen atoms in total.